The fraction of sp³-hybridized carbons (Fsp3) is 0.125. The van der Waals surface area contributed by atoms with Gasteiger partial charge in [-0.05, 0) is 24.3 Å². The van der Waals surface area contributed by atoms with Gasteiger partial charge in [0, 0.05) is 6.20 Å². The van der Waals surface area contributed by atoms with Crippen molar-refractivity contribution in [2.75, 3.05) is 23.4 Å². The molecule has 3 rings (SSSR count). The Bertz CT molecular complexity index is 813. The number of amides is 2. The van der Waals surface area contributed by atoms with Crippen molar-refractivity contribution in [3.63, 3.8) is 0 Å². The highest BCUT2D eigenvalue weighted by atomic mass is 16.5. The largest absolute Gasteiger partial charge is 0.480 e. The zero-order valence-electron chi connectivity index (χ0n) is 12.0. The van der Waals surface area contributed by atoms with Gasteiger partial charge in [0.15, 0.2) is 18.2 Å². The SMILES string of the molecule is N#Cc1ccccc1NC(=O)CN1C(=O)COc2cccnc21. The van der Waals surface area contributed by atoms with Gasteiger partial charge < -0.3 is 10.1 Å². The van der Waals surface area contributed by atoms with Gasteiger partial charge in [-0.3, -0.25) is 14.5 Å². The summed E-state index contributed by atoms with van der Waals surface area (Å²) in [5.41, 5.74) is 0.759. The van der Waals surface area contributed by atoms with Crippen LogP contribution in [0.15, 0.2) is 42.6 Å². The number of benzene rings is 1. The second-order valence-electron chi connectivity index (χ2n) is 4.80. The standard InChI is InChI=1S/C16H12N4O3/c17-8-11-4-1-2-5-12(11)19-14(21)9-20-15(22)10-23-13-6-3-7-18-16(13)20/h1-7H,9-10H2,(H,19,21). The Hall–Kier alpha value is -3.40. The van der Waals surface area contributed by atoms with Crippen molar-refractivity contribution in [3.05, 3.63) is 48.2 Å². The fourth-order valence-electron chi connectivity index (χ4n) is 2.22. The van der Waals surface area contributed by atoms with Gasteiger partial charge in [0.1, 0.15) is 12.6 Å². The molecule has 7 nitrogen and oxygen atoms in total. The lowest BCUT2D eigenvalue weighted by Crippen LogP contribution is -2.44. The maximum absolute atomic E-state index is 12.2. The Morgan fingerprint density at radius 2 is 2.17 bits per heavy atom. The number of aromatic nitrogens is 1. The molecule has 0 aliphatic carbocycles. The third kappa shape index (κ3) is 2.96. The summed E-state index contributed by atoms with van der Waals surface area (Å²) in [7, 11) is 0. The molecule has 7 heteroatoms. The summed E-state index contributed by atoms with van der Waals surface area (Å²) in [6, 6.07) is 12.0. The number of nitrogens with one attached hydrogen (secondary N) is 1. The lowest BCUT2D eigenvalue weighted by atomic mass is 10.2. The summed E-state index contributed by atoms with van der Waals surface area (Å²) >= 11 is 0. The second-order valence-corrected chi connectivity index (χ2v) is 4.80. The van der Waals surface area contributed by atoms with Crippen LogP contribution in [0.1, 0.15) is 5.56 Å². The lowest BCUT2D eigenvalue weighted by Gasteiger charge is -2.27. The predicted molar refractivity (Wildman–Crippen MR) is 81.9 cm³/mol. The highest BCUT2D eigenvalue weighted by molar-refractivity contribution is 6.04. The summed E-state index contributed by atoms with van der Waals surface area (Å²) in [5.74, 6) is 0.00395. The molecule has 0 saturated carbocycles. The Kier molecular flexibility index (Phi) is 3.89. The van der Waals surface area contributed by atoms with Gasteiger partial charge in [-0.1, -0.05) is 12.1 Å². The monoisotopic (exact) mass is 308 g/mol. The van der Waals surface area contributed by atoms with Crippen molar-refractivity contribution >= 4 is 23.3 Å². The van der Waals surface area contributed by atoms with Crippen LogP contribution in [-0.4, -0.2) is 29.9 Å². The van der Waals surface area contributed by atoms with E-state index in [-0.39, 0.29) is 19.1 Å². The Morgan fingerprint density at radius 1 is 1.35 bits per heavy atom. The molecule has 1 aliphatic rings. The number of carbonyl (C=O) groups excluding carboxylic acids is 2. The number of carbonyl (C=O) groups is 2. The minimum Gasteiger partial charge on any atom is -0.480 e. The zero-order chi connectivity index (χ0) is 16.2. The third-order valence-corrected chi connectivity index (χ3v) is 3.28. The van der Waals surface area contributed by atoms with E-state index in [1.807, 2.05) is 6.07 Å². The van der Waals surface area contributed by atoms with Gasteiger partial charge in [0.25, 0.3) is 5.91 Å². The fourth-order valence-corrected chi connectivity index (χ4v) is 2.22. The van der Waals surface area contributed by atoms with Gasteiger partial charge in [-0.15, -0.1) is 0 Å². The van der Waals surface area contributed by atoms with Crippen LogP contribution >= 0.6 is 0 Å². The van der Waals surface area contributed by atoms with E-state index in [2.05, 4.69) is 10.3 Å². The van der Waals surface area contributed by atoms with Crippen molar-refractivity contribution in [2.45, 2.75) is 0 Å². The van der Waals surface area contributed by atoms with Crippen LogP contribution in [-0.2, 0) is 9.59 Å². The van der Waals surface area contributed by atoms with Crippen LogP contribution in [0, 0.1) is 11.3 Å². The number of hydrogen-bond donors (Lipinski definition) is 1. The number of pyridine rings is 1. The first kappa shape index (κ1) is 14.5. The molecule has 1 aromatic carbocycles. The van der Waals surface area contributed by atoms with E-state index in [4.69, 9.17) is 10.00 Å². The molecule has 23 heavy (non-hydrogen) atoms. The first-order valence-electron chi connectivity index (χ1n) is 6.86. The molecule has 2 aromatic rings. The van der Waals surface area contributed by atoms with Crippen LogP contribution < -0.4 is 15.0 Å². The smallest absolute Gasteiger partial charge is 0.266 e. The number of hydrogen-bond acceptors (Lipinski definition) is 5. The summed E-state index contributed by atoms with van der Waals surface area (Å²) in [6.07, 6.45) is 1.52. The number of rotatable bonds is 3. The number of anilines is 2. The van der Waals surface area contributed by atoms with Crippen LogP contribution in [0.3, 0.4) is 0 Å². The highest BCUT2D eigenvalue weighted by Crippen LogP contribution is 2.28. The first-order chi connectivity index (χ1) is 11.2. The summed E-state index contributed by atoms with van der Waals surface area (Å²) in [5, 5.41) is 11.7. The molecular formula is C16H12N4O3. The average molecular weight is 308 g/mol. The normalized spacial score (nSPS) is 12.8. The first-order valence-corrected chi connectivity index (χ1v) is 6.86. The van der Waals surface area contributed by atoms with E-state index in [0.29, 0.717) is 22.8 Å². The molecule has 0 unspecified atom stereocenters. The third-order valence-electron chi connectivity index (χ3n) is 3.28. The van der Waals surface area contributed by atoms with E-state index in [1.54, 1.807) is 36.4 Å². The molecule has 0 fully saturated rings. The molecule has 0 bridgehead atoms. The molecule has 0 saturated heterocycles. The quantitative estimate of drug-likeness (QED) is 0.922. The highest BCUT2D eigenvalue weighted by Gasteiger charge is 2.28. The molecule has 114 valence electrons. The average Bonchev–Trinajstić information content (AvgIpc) is 2.58. The van der Waals surface area contributed by atoms with Crippen molar-refractivity contribution < 1.29 is 14.3 Å². The number of nitriles is 1. The van der Waals surface area contributed by atoms with Gasteiger partial charge in [-0.25, -0.2) is 4.98 Å². The van der Waals surface area contributed by atoms with E-state index in [9.17, 15) is 9.59 Å². The van der Waals surface area contributed by atoms with Gasteiger partial charge in [0.05, 0.1) is 11.3 Å². The number of fused-ring (bicyclic) bond motifs is 1. The Labute approximate surface area is 132 Å². The van der Waals surface area contributed by atoms with E-state index in [1.165, 1.54) is 11.1 Å². The predicted octanol–water partition coefficient (Wildman–Crippen LogP) is 1.32. The molecule has 2 amide bonds. The Morgan fingerprint density at radius 3 is 3.00 bits per heavy atom. The van der Waals surface area contributed by atoms with Crippen molar-refractivity contribution in [1.82, 2.24) is 4.98 Å². The van der Waals surface area contributed by atoms with Crippen LogP contribution in [0.4, 0.5) is 11.5 Å². The Balaban J connectivity index is 1.78. The topological polar surface area (TPSA) is 95.3 Å². The van der Waals surface area contributed by atoms with Crippen LogP contribution in [0.2, 0.25) is 0 Å². The molecule has 1 N–H and O–H groups in total. The van der Waals surface area contributed by atoms with Crippen molar-refractivity contribution in [2.24, 2.45) is 0 Å². The molecule has 0 spiro atoms. The van der Waals surface area contributed by atoms with Gasteiger partial charge in [0.2, 0.25) is 5.91 Å². The number of ether oxygens (including phenoxy) is 1. The molecule has 1 aromatic heterocycles. The van der Waals surface area contributed by atoms with Gasteiger partial charge in [-0.2, -0.15) is 5.26 Å². The molecule has 0 atom stereocenters. The molecule has 2 heterocycles. The van der Waals surface area contributed by atoms with E-state index >= 15 is 0 Å². The number of nitrogens with zero attached hydrogens (tertiary/aromatic N) is 3. The maximum Gasteiger partial charge on any atom is 0.266 e. The van der Waals surface area contributed by atoms with Crippen LogP contribution in [0.25, 0.3) is 0 Å². The zero-order valence-corrected chi connectivity index (χ0v) is 12.0. The number of para-hydroxylation sites is 1. The minimum atomic E-state index is -0.417. The summed E-state index contributed by atoms with van der Waals surface area (Å²) in [4.78, 5) is 29.6. The van der Waals surface area contributed by atoms with E-state index < -0.39 is 5.91 Å². The summed E-state index contributed by atoms with van der Waals surface area (Å²) in [6.45, 7) is -0.341. The van der Waals surface area contributed by atoms with Crippen LogP contribution in [0.5, 0.6) is 5.75 Å². The van der Waals surface area contributed by atoms with Crippen molar-refractivity contribution in [1.29, 1.82) is 5.26 Å². The summed E-state index contributed by atoms with van der Waals surface area (Å²) < 4.78 is 5.27. The molecular weight excluding hydrogens is 296 g/mol. The maximum atomic E-state index is 12.2. The molecule has 0 radical (unpaired) electrons. The van der Waals surface area contributed by atoms with Gasteiger partial charge >= 0.3 is 0 Å². The lowest BCUT2D eigenvalue weighted by molar-refractivity contribution is -0.123. The van der Waals surface area contributed by atoms with Crippen molar-refractivity contribution in [3.8, 4) is 11.8 Å². The second kappa shape index (κ2) is 6.15. The molecule has 1 aliphatic heterocycles. The minimum absolute atomic E-state index is 0.138. The van der Waals surface area contributed by atoms with E-state index in [0.717, 1.165) is 0 Å².